The number of nitrogens with zero attached hydrogens (tertiary/aromatic N) is 2. The van der Waals surface area contributed by atoms with Crippen LogP contribution >= 0.6 is 33.9 Å². The lowest BCUT2D eigenvalue weighted by Gasteiger charge is -1.99. The SMILES string of the molecule is COc1ccc(-c2nnc(I)s2)cc1. The van der Waals surface area contributed by atoms with Crippen molar-refractivity contribution in [2.75, 3.05) is 7.11 Å². The van der Waals surface area contributed by atoms with E-state index in [2.05, 4.69) is 32.8 Å². The molecule has 0 aliphatic heterocycles. The Hall–Kier alpha value is -0.690. The molecule has 1 aromatic heterocycles. The molecule has 1 aromatic carbocycles. The molecule has 0 N–H and O–H groups in total. The second-order valence-electron chi connectivity index (χ2n) is 2.59. The first-order chi connectivity index (χ1) is 6.79. The van der Waals surface area contributed by atoms with E-state index in [0.717, 1.165) is 19.3 Å². The van der Waals surface area contributed by atoms with Crippen LogP contribution in [0.3, 0.4) is 0 Å². The highest BCUT2D eigenvalue weighted by Gasteiger charge is 2.03. The summed E-state index contributed by atoms with van der Waals surface area (Å²) in [6.07, 6.45) is 0. The van der Waals surface area contributed by atoms with E-state index < -0.39 is 0 Å². The number of ether oxygens (including phenoxy) is 1. The van der Waals surface area contributed by atoms with Gasteiger partial charge in [-0.1, -0.05) is 11.3 Å². The zero-order chi connectivity index (χ0) is 9.97. The molecule has 2 aromatic rings. The summed E-state index contributed by atoms with van der Waals surface area (Å²) in [6, 6.07) is 7.80. The van der Waals surface area contributed by atoms with Gasteiger partial charge in [-0.05, 0) is 46.9 Å². The van der Waals surface area contributed by atoms with Crippen LogP contribution in [0.1, 0.15) is 0 Å². The molecule has 1 heterocycles. The number of hydrogen-bond acceptors (Lipinski definition) is 4. The van der Waals surface area contributed by atoms with Gasteiger partial charge in [-0.25, -0.2) is 0 Å². The van der Waals surface area contributed by atoms with Gasteiger partial charge in [0.15, 0.2) is 3.01 Å². The molecule has 0 saturated carbocycles. The lowest BCUT2D eigenvalue weighted by molar-refractivity contribution is 0.415. The number of benzene rings is 1. The van der Waals surface area contributed by atoms with Crippen LogP contribution in [0.2, 0.25) is 0 Å². The minimum atomic E-state index is 0.855. The maximum atomic E-state index is 5.08. The standard InChI is InChI=1S/C9H7IN2OS/c1-13-7-4-2-6(3-5-7)8-11-12-9(10)14-8/h2-5H,1H3. The molecular weight excluding hydrogens is 311 g/mol. The fraction of sp³-hybridized carbons (Fsp3) is 0.111. The molecule has 0 unspecified atom stereocenters. The molecule has 14 heavy (non-hydrogen) atoms. The van der Waals surface area contributed by atoms with Gasteiger partial charge in [0.1, 0.15) is 10.8 Å². The number of methoxy groups -OCH3 is 1. The smallest absolute Gasteiger partial charge is 0.178 e. The highest BCUT2D eigenvalue weighted by Crippen LogP contribution is 2.25. The van der Waals surface area contributed by atoms with Crippen molar-refractivity contribution in [1.82, 2.24) is 10.2 Å². The molecule has 2 rings (SSSR count). The molecule has 0 amide bonds. The third-order valence-corrected chi connectivity index (χ3v) is 3.37. The van der Waals surface area contributed by atoms with Gasteiger partial charge in [0, 0.05) is 5.56 Å². The van der Waals surface area contributed by atoms with E-state index in [0.29, 0.717) is 0 Å². The van der Waals surface area contributed by atoms with Crippen LogP contribution in [0, 0.1) is 3.01 Å². The molecule has 0 saturated heterocycles. The summed E-state index contributed by atoms with van der Waals surface area (Å²) in [7, 11) is 1.66. The monoisotopic (exact) mass is 318 g/mol. The van der Waals surface area contributed by atoms with Crippen molar-refractivity contribution < 1.29 is 4.74 Å². The van der Waals surface area contributed by atoms with Gasteiger partial charge in [0.2, 0.25) is 0 Å². The van der Waals surface area contributed by atoms with Gasteiger partial charge < -0.3 is 4.74 Å². The van der Waals surface area contributed by atoms with Crippen LogP contribution in [0.4, 0.5) is 0 Å². The van der Waals surface area contributed by atoms with Crippen molar-refractivity contribution in [1.29, 1.82) is 0 Å². The van der Waals surface area contributed by atoms with Gasteiger partial charge in [-0.3, -0.25) is 0 Å². The van der Waals surface area contributed by atoms with Crippen molar-refractivity contribution in [3.63, 3.8) is 0 Å². The molecule has 0 aliphatic rings. The van der Waals surface area contributed by atoms with E-state index in [-0.39, 0.29) is 0 Å². The Kier molecular flexibility index (Phi) is 2.97. The van der Waals surface area contributed by atoms with Gasteiger partial charge in [0.25, 0.3) is 0 Å². The van der Waals surface area contributed by atoms with Crippen molar-refractivity contribution >= 4 is 33.9 Å². The highest BCUT2D eigenvalue weighted by molar-refractivity contribution is 14.1. The normalized spacial score (nSPS) is 10.1. The molecule has 0 aliphatic carbocycles. The number of rotatable bonds is 2. The van der Waals surface area contributed by atoms with E-state index in [1.165, 1.54) is 0 Å². The van der Waals surface area contributed by atoms with E-state index in [4.69, 9.17) is 4.74 Å². The Balaban J connectivity index is 2.33. The van der Waals surface area contributed by atoms with Crippen LogP contribution in [0.15, 0.2) is 24.3 Å². The van der Waals surface area contributed by atoms with Gasteiger partial charge in [-0.15, -0.1) is 10.2 Å². The van der Waals surface area contributed by atoms with Crippen molar-refractivity contribution in [2.24, 2.45) is 0 Å². The average Bonchev–Trinajstić information content (AvgIpc) is 2.65. The predicted molar refractivity (Wildman–Crippen MR) is 64.6 cm³/mol. The third kappa shape index (κ3) is 2.03. The van der Waals surface area contributed by atoms with Crippen molar-refractivity contribution in [3.05, 3.63) is 27.3 Å². The van der Waals surface area contributed by atoms with Crippen LogP contribution < -0.4 is 4.74 Å². The zero-order valence-electron chi connectivity index (χ0n) is 7.40. The summed E-state index contributed by atoms with van der Waals surface area (Å²) in [4.78, 5) is 0. The predicted octanol–water partition coefficient (Wildman–Crippen LogP) is 2.82. The lowest BCUT2D eigenvalue weighted by Crippen LogP contribution is -1.82. The molecule has 0 spiro atoms. The molecule has 5 heteroatoms. The molecule has 3 nitrogen and oxygen atoms in total. The topological polar surface area (TPSA) is 35.0 Å². The maximum absolute atomic E-state index is 5.08. The Morgan fingerprint density at radius 2 is 1.93 bits per heavy atom. The third-order valence-electron chi connectivity index (χ3n) is 1.74. The minimum absolute atomic E-state index is 0.855. The van der Waals surface area contributed by atoms with Gasteiger partial charge in [-0.2, -0.15) is 0 Å². The largest absolute Gasteiger partial charge is 0.497 e. The Bertz CT molecular complexity index is 427. The molecular formula is C9H7IN2OS. The first-order valence-corrected chi connectivity index (χ1v) is 5.82. The van der Waals surface area contributed by atoms with Crippen LogP contribution in [-0.4, -0.2) is 17.3 Å². The average molecular weight is 318 g/mol. The summed E-state index contributed by atoms with van der Waals surface area (Å²) >= 11 is 3.74. The first kappa shape index (κ1) is 9.85. The van der Waals surface area contributed by atoms with E-state index in [9.17, 15) is 0 Å². The molecule has 72 valence electrons. The Labute approximate surface area is 99.3 Å². The molecule has 0 atom stereocenters. The number of aromatic nitrogens is 2. The fourth-order valence-electron chi connectivity index (χ4n) is 1.06. The van der Waals surface area contributed by atoms with E-state index in [1.54, 1.807) is 18.4 Å². The Morgan fingerprint density at radius 1 is 1.21 bits per heavy atom. The lowest BCUT2D eigenvalue weighted by atomic mass is 10.2. The van der Waals surface area contributed by atoms with Gasteiger partial charge >= 0.3 is 0 Å². The fourth-order valence-corrected chi connectivity index (χ4v) is 2.37. The summed E-state index contributed by atoms with van der Waals surface area (Å²) < 4.78 is 6.03. The van der Waals surface area contributed by atoms with Crippen LogP contribution in [-0.2, 0) is 0 Å². The second kappa shape index (κ2) is 4.22. The van der Waals surface area contributed by atoms with Crippen molar-refractivity contribution in [3.8, 4) is 16.3 Å². The Morgan fingerprint density at radius 3 is 2.43 bits per heavy atom. The van der Waals surface area contributed by atoms with Crippen LogP contribution in [0.25, 0.3) is 10.6 Å². The second-order valence-corrected chi connectivity index (χ2v) is 5.32. The van der Waals surface area contributed by atoms with Gasteiger partial charge in [0.05, 0.1) is 7.11 Å². The minimum Gasteiger partial charge on any atom is -0.497 e. The van der Waals surface area contributed by atoms with E-state index in [1.807, 2.05) is 24.3 Å². The number of halogens is 1. The first-order valence-electron chi connectivity index (χ1n) is 3.93. The maximum Gasteiger partial charge on any atom is 0.178 e. The number of hydrogen-bond donors (Lipinski definition) is 0. The summed E-state index contributed by atoms with van der Waals surface area (Å²) in [5.74, 6) is 0.855. The molecule has 0 radical (unpaired) electrons. The summed E-state index contributed by atoms with van der Waals surface area (Å²) in [5, 5.41) is 8.96. The molecule has 0 fully saturated rings. The van der Waals surface area contributed by atoms with Crippen molar-refractivity contribution in [2.45, 2.75) is 0 Å². The summed E-state index contributed by atoms with van der Waals surface area (Å²) in [5.41, 5.74) is 1.08. The molecule has 0 bridgehead atoms. The summed E-state index contributed by atoms with van der Waals surface area (Å²) in [6.45, 7) is 0. The quantitative estimate of drug-likeness (QED) is 0.799. The van der Waals surface area contributed by atoms with E-state index >= 15 is 0 Å². The highest BCUT2D eigenvalue weighted by atomic mass is 127. The zero-order valence-corrected chi connectivity index (χ0v) is 10.4. The van der Waals surface area contributed by atoms with Crippen LogP contribution in [0.5, 0.6) is 5.75 Å².